The molecule has 0 saturated carbocycles. The molecule has 4 nitrogen and oxygen atoms in total. The molecular formula is C11H10N2O2S. The number of aryl methyl sites for hydroxylation is 1. The van der Waals surface area contributed by atoms with Crippen molar-refractivity contribution in [3.63, 3.8) is 0 Å². The molecule has 0 fully saturated rings. The number of hydrogen-bond donors (Lipinski definition) is 2. The van der Waals surface area contributed by atoms with Crippen LogP contribution in [0.3, 0.4) is 0 Å². The van der Waals surface area contributed by atoms with Crippen LogP contribution in [0.25, 0.3) is 6.08 Å². The maximum atomic E-state index is 11.7. The smallest absolute Gasteiger partial charge is 0.310 e. The zero-order chi connectivity index (χ0) is 11.5. The first kappa shape index (κ1) is 10.6. The van der Waals surface area contributed by atoms with Crippen molar-refractivity contribution in [2.24, 2.45) is 0 Å². The molecule has 5 heteroatoms. The Labute approximate surface area is 95.7 Å². The quantitative estimate of drug-likeness (QED) is 0.630. The molecule has 2 heterocycles. The molecule has 0 amide bonds. The van der Waals surface area contributed by atoms with Crippen molar-refractivity contribution < 1.29 is 4.79 Å². The van der Waals surface area contributed by atoms with Crippen LogP contribution in [-0.4, -0.2) is 15.8 Å². The van der Waals surface area contributed by atoms with Crippen LogP contribution in [0, 0.1) is 6.92 Å². The number of aromatic amines is 2. The number of carbonyl (C=O) groups excluding carboxylic acids is 1. The highest BCUT2D eigenvalue weighted by molar-refractivity contribution is 7.10. The number of thiophene rings is 1. The second kappa shape index (κ2) is 4.32. The van der Waals surface area contributed by atoms with Crippen molar-refractivity contribution >= 4 is 23.2 Å². The zero-order valence-corrected chi connectivity index (χ0v) is 9.43. The highest BCUT2D eigenvalue weighted by Gasteiger charge is 2.08. The monoisotopic (exact) mass is 234 g/mol. The van der Waals surface area contributed by atoms with Crippen molar-refractivity contribution in [1.82, 2.24) is 9.97 Å². The van der Waals surface area contributed by atoms with E-state index in [1.54, 1.807) is 24.3 Å². The Morgan fingerprint density at radius 3 is 2.81 bits per heavy atom. The summed E-state index contributed by atoms with van der Waals surface area (Å²) in [5, 5.41) is 1.94. The third-order valence-corrected chi connectivity index (χ3v) is 2.94. The number of H-pyrrole nitrogens is 2. The Hall–Kier alpha value is -1.88. The van der Waals surface area contributed by atoms with Gasteiger partial charge >= 0.3 is 5.69 Å². The lowest BCUT2D eigenvalue weighted by molar-refractivity contribution is 0.104. The fraction of sp³-hybridized carbons (Fsp3) is 0.0909. The van der Waals surface area contributed by atoms with Crippen molar-refractivity contribution in [2.75, 3.05) is 0 Å². The summed E-state index contributed by atoms with van der Waals surface area (Å²) in [5.74, 6) is -0.204. The molecule has 0 radical (unpaired) electrons. The number of imidazole rings is 1. The summed E-state index contributed by atoms with van der Waals surface area (Å²) < 4.78 is 0. The molecule has 0 atom stereocenters. The summed E-state index contributed by atoms with van der Waals surface area (Å²) >= 11 is 1.55. The Morgan fingerprint density at radius 1 is 1.44 bits per heavy atom. The summed E-state index contributed by atoms with van der Waals surface area (Å²) in [4.78, 5) is 28.7. The number of aromatic nitrogens is 2. The fourth-order valence-electron chi connectivity index (χ4n) is 1.34. The number of rotatable bonds is 3. The van der Waals surface area contributed by atoms with Gasteiger partial charge in [-0.1, -0.05) is 6.07 Å². The normalized spacial score (nSPS) is 11.1. The average Bonchev–Trinajstić information content (AvgIpc) is 2.84. The van der Waals surface area contributed by atoms with Crippen LogP contribution in [0.5, 0.6) is 0 Å². The number of allylic oxidation sites excluding steroid dienone is 1. The van der Waals surface area contributed by atoms with Gasteiger partial charge in [0.2, 0.25) is 5.78 Å². The van der Waals surface area contributed by atoms with Gasteiger partial charge in [-0.3, -0.25) is 4.79 Å². The average molecular weight is 234 g/mol. The zero-order valence-electron chi connectivity index (χ0n) is 8.61. The van der Waals surface area contributed by atoms with E-state index in [4.69, 9.17) is 0 Å². The standard InChI is InChI=1S/C11H10N2O2S/c1-7-10(13-11(15)12-7)9(14)5-4-8-3-2-6-16-8/h2-6H,1H3,(H2,12,13,15). The van der Waals surface area contributed by atoms with Crippen molar-refractivity contribution in [3.05, 3.63) is 50.3 Å². The minimum Gasteiger partial charge on any atom is -0.310 e. The van der Waals surface area contributed by atoms with Crippen molar-refractivity contribution in [2.45, 2.75) is 6.92 Å². The molecule has 0 aliphatic heterocycles. The largest absolute Gasteiger partial charge is 0.323 e. The summed E-state index contributed by atoms with van der Waals surface area (Å²) in [6.07, 6.45) is 3.19. The van der Waals surface area contributed by atoms with Crippen LogP contribution < -0.4 is 5.69 Å². The highest BCUT2D eigenvalue weighted by atomic mass is 32.1. The molecule has 16 heavy (non-hydrogen) atoms. The van der Waals surface area contributed by atoms with Crippen molar-refractivity contribution in [1.29, 1.82) is 0 Å². The first-order valence-electron chi connectivity index (χ1n) is 4.71. The predicted octanol–water partition coefficient (Wildman–Crippen LogP) is 1.97. The summed E-state index contributed by atoms with van der Waals surface area (Å²) in [7, 11) is 0. The molecule has 2 aromatic rings. The van der Waals surface area contributed by atoms with Gasteiger partial charge in [0.1, 0.15) is 5.69 Å². The lowest BCUT2D eigenvalue weighted by atomic mass is 10.2. The fourth-order valence-corrected chi connectivity index (χ4v) is 1.96. The van der Waals surface area contributed by atoms with Crippen molar-refractivity contribution in [3.8, 4) is 0 Å². The minimum atomic E-state index is -0.356. The molecule has 0 unspecified atom stereocenters. The first-order valence-corrected chi connectivity index (χ1v) is 5.59. The van der Waals surface area contributed by atoms with E-state index in [0.29, 0.717) is 11.4 Å². The third kappa shape index (κ3) is 2.20. The van der Waals surface area contributed by atoms with E-state index in [9.17, 15) is 9.59 Å². The molecule has 2 rings (SSSR count). The Bertz CT molecular complexity index is 575. The molecule has 0 spiro atoms. The molecule has 0 saturated heterocycles. The molecule has 2 aromatic heterocycles. The number of nitrogens with one attached hydrogen (secondary N) is 2. The first-order chi connectivity index (χ1) is 7.66. The second-order valence-corrected chi connectivity index (χ2v) is 4.27. The summed E-state index contributed by atoms with van der Waals surface area (Å²) in [5.41, 5.74) is 0.522. The lowest BCUT2D eigenvalue weighted by Gasteiger charge is -1.91. The van der Waals surface area contributed by atoms with Crippen LogP contribution >= 0.6 is 11.3 Å². The molecule has 0 aliphatic carbocycles. The van der Waals surface area contributed by atoms with E-state index >= 15 is 0 Å². The number of hydrogen-bond acceptors (Lipinski definition) is 3. The van der Waals surface area contributed by atoms with E-state index in [2.05, 4.69) is 9.97 Å². The molecular weight excluding hydrogens is 224 g/mol. The molecule has 0 bridgehead atoms. The minimum absolute atomic E-state index is 0.204. The SMILES string of the molecule is Cc1[nH]c(=O)[nH]c1C(=O)C=Cc1cccs1. The molecule has 0 aliphatic rings. The maximum absolute atomic E-state index is 11.7. The summed E-state index contributed by atoms with van der Waals surface area (Å²) in [6.45, 7) is 1.68. The van der Waals surface area contributed by atoms with Gasteiger partial charge < -0.3 is 9.97 Å². The summed E-state index contributed by atoms with van der Waals surface area (Å²) in [6, 6.07) is 3.83. The van der Waals surface area contributed by atoms with Gasteiger partial charge in [-0.15, -0.1) is 11.3 Å². The van der Waals surface area contributed by atoms with E-state index in [1.807, 2.05) is 17.5 Å². The van der Waals surface area contributed by atoms with Crippen LogP contribution in [-0.2, 0) is 0 Å². The Balaban J connectivity index is 2.21. The molecule has 0 aromatic carbocycles. The number of ketones is 1. The second-order valence-electron chi connectivity index (χ2n) is 3.29. The lowest BCUT2D eigenvalue weighted by Crippen LogP contribution is -2.03. The van der Waals surface area contributed by atoms with Crippen LogP contribution in [0.4, 0.5) is 0 Å². The van der Waals surface area contributed by atoms with Crippen LogP contribution in [0.15, 0.2) is 28.4 Å². The molecule has 2 N–H and O–H groups in total. The van der Waals surface area contributed by atoms with Gasteiger partial charge in [0.25, 0.3) is 0 Å². The Kier molecular flexibility index (Phi) is 2.87. The van der Waals surface area contributed by atoms with E-state index < -0.39 is 0 Å². The van der Waals surface area contributed by atoms with E-state index in [1.165, 1.54) is 6.08 Å². The maximum Gasteiger partial charge on any atom is 0.323 e. The number of carbonyl (C=O) groups is 1. The van der Waals surface area contributed by atoms with Gasteiger partial charge in [-0.25, -0.2) is 4.79 Å². The molecule has 82 valence electrons. The van der Waals surface area contributed by atoms with Crippen LogP contribution in [0.1, 0.15) is 21.1 Å². The van der Waals surface area contributed by atoms with Gasteiger partial charge in [0, 0.05) is 10.6 Å². The van der Waals surface area contributed by atoms with E-state index in [-0.39, 0.29) is 11.5 Å². The predicted molar refractivity (Wildman–Crippen MR) is 63.8 cm³/mol. The van der Waals surface area contributed by atoms with E-state index in [0.717, 1.165) is 4.88 Å². The van der Waals surface area contributed by atoms with Gasteiger partial charge in [0.05, 0.1) is 0 Å². The van der Waals surface area contributed by atoms with Gasteiger partial charge in [0.15, 0.2) is 0 Å². The highest BCUT2D eigenvalue weighted by Crippen LogP contribution is 2.11. The van der Waals surface area contributed by atoms with Gasteiger partial charge in [-0.05, 0) is 30.5 Å². The Morgan fingerprint density at radius 2 is 2.25 bits per heavy atom. The third-order valence-electron chi connectivity index (χ3n) is 2.10. The van der Waals surface area contributed by atoms with Gasteiger partial charge in [-0.2, -0.15) is 0 Å². The van der Waals surface area contributed by atoms with Crippen LogP contribution in [0.2, 0.25) is 0 Å². The topological polar surface area (TPSA) is 65.7 Å².